The summed E-state index contributed by atoms with van der Waals surface area (Å²) < 4.78 is 25.2. The number of aromatic nitrogens is 2. The maximum absolute atomic E-state index is 12.6. The van der Waals surface area contributed by atoms with Crippen LogP contribution in [0.3, 0.4) is 0 Å². The number of benzene rings is 2. The van der Waals surface area contributed by atoms with E-state index in [2.05, 4.69) is 10.5 Å². The molecule has 0 fully saturated rings. The van der Waals surface area contributed by atoms with Crippen molar-refractivity contribution >= 4 is 21.7 Å². The third kappa shape index (κ3) is 4.01. The van der Waals surface area contributed by atoms with Gasteiger partial charge in [0.15, 0.2) is 0 Å². The fraction of sp³-hybridized carbons (Fsp3) is 0.0556. The van der Waals surface area contributed by atoms with Crippen LogP contribution in [0.5, 0.6) is 5.88 Å². The Kier molecular flexibility index (Phi) is 5.14. The second-order valence-corrected chi connectivity index (χ2v) is 7.83. The van der Waals surface area contributed by atoms with Crippen molar-refractivity contribution in [1.82, 2.24) is 9.97 Å². The summed E-state index contributed by atoms with van der Waals surface area (Å²) in [4.78, 5) is 26.9. The van der Waals surface area contributed by atoms with Crippen molar-refractivity contribution in [1.29, 1.82) is 0 Å². The third-order valence-corrected chi connectivity index (χ3v) is 5.63. The summed E-state index contributed by atoms with van der Waals surface area (Å²) in [6, 6.07) is 12.4. The van der Waals surface area contributed by atoms with Gasteiger partial charge in [-0.15, -0.1) is 0 Å². The molecule has 0 aliphatic carbocycles. The van der Waals surface area contributed by atoms with Crippen molar-refractivity contribution in [2.75, 3.05) is 5.43 Å². The minimum Gasteiger partial charge on any atom is -0.494 e. The lowest BCUT2D eigenvalue weighted by Crippen LogP contribution is -2.25. The van der Waals surface area contributed by atoms with Crippen LogP contribution < -0.4 is 16.7 Å². The van der Waals surface area contributed by atoms with Crippen LogP contribution in [0.1, 0.15) is 11.1 Å². The molecule has 1 heterocycles. The highest BCUT2D eigenvalue weighted by atomic mass is 32.2. The zero-order valence-corrected chi connectivity index (χ0v) is 15.4. The first kappa shape index (κ1) is 19.1. The zero-order valence-electron chi connectivity index (χ0n) is 14.6. The van der Waals surface area contributed by atoms with Gasteiger partial charge in [0, 0.05) is 0 Å². The first-order chi connectivity index (χ1) is 13.3. The number of aromatic amines is 2. The van der Waals surface area contributed by atoms with Crippen LogP contribution in [0, 0.1) is 6.92 Å². The maximum Gasteiger partial charge on any atom is 0.328 e. The Hall–Kier alpha value is -3.66. The number of hydrazone groups is 1. The number of aryl methyl sites for hydroxylation is 1. The van der Waals surface area contributed by atoms with Crippen LogP contribution in [-0.2, 0) is 9.84 Å². The third-order valence-electron chi connectivity index (χ3n) is 3.84. The molecule has 10 heteroatoms. The SMILES string of the molecule is Cc1ccc(S(=O)(=O)c2ccc(N/N=C\c3c(O)[nH]c(=O)[nH]c3=O)cc2)cc1. The van der Waals surface area contributed by atoms with E-state index in [1.54, 1.807) is 24.3 Å². The second kappa shape index (κ2) is 7.53. The monoisotopic (exact) mass is 400 g/mol. The van der Waals surface area contributed by atoms with Gasteiger partial charge in [0.05, 0.1) is 21.7 Å². The van der Waals surface area contributed by atoms with E-state index in [0.29, 0.717) is 5.69 Å². The minimum absolute atomic E-state index is 0.126. The molecule has 0 unspecified atom stereocenters. The van der Waals surface area contributed by atoms with Gasteiger partial charge in [-0.1, -0.05) is 17.7 Å². The topological polar surface area (TPSA) is 144 Å². The quantitative estimate of drug-likeness (QED) is 0.376. The Morgan fingerprint density at radius 2 is 1.54 bits per heavy atom. The van der Waals surface area contributed by atoms with Gasteiger partial charge >= 0.3 is 5.69 Å². The van der Waals surface area contributed by atoms with Crippen LogP contribution in [0.4, 0.5) is 5.69 Å². The predicted octanol–water partition coefficient (Wildman–Crippen LogP) is 1.36. The Morgan fingerprint density at radius 3 is 2.11 bits per heavy atom. The first-order valence-corrected chi connectivity index (χ1v) is 9.52. The van der Waals surface area contributed by atoms with Gasteiger partial charge in [0.1, 0.15) is 5.56 Å². The Balaban J connectivity index is 1.77. The number of sulfone groups is 1. The average Bonchev–Trinajstić information content (AvgIpc) is 2.64. The standard InChI is InChI=1S/C18H16N4O5S/c1-11-2-6-13(7-3-11)28(26,27)14-8-4-12(5-9-14)22-19-10-15-16(23)20-18(25)21-17(15)24/h2-10,22H,1H3,(H3,20,21,23,24,25)/b19-10-. The lowest BCUT2D eigenvalue weighted by molar-refractivity contribution is 0.447. The van der Waals surface area contributed by atoms with Crippen LogP contribution >= 0.6 is 0 Å². The number of hydrogen-bond donors (Lipinski definition) is 4. The van der Waals surface area contributed by atoms with Crippen LogP contribution in [-0.4, -0.2) is 29.7 Å². The van der Waals surface area contributed by atoms with Crippen molar-refractivity contribution in [3.63, 3.8) is 0 Å². The molecule has 0 saturated heterocycles. The van der Waals surface area contributed by atoms with Gasteiger partial charge in [-0.25, -0.2) is 13.2 Å². The van der Waals surface area contributed by atoms with Crippen molar-refractivity contribution in [2.24, 2.45) is 5.10 Å². The summed E-state index contributed by atoms with van der Waals surface area (Å²) in [6.45, 7) is 1.87. The average molecular weight is 400 g/mol. The maximum atomic E-state index is 12.6. The number of anilines is 1. The molecule has 0 aliphatic rings. The molecular formula is C18H16N4O5S. The Morgan fingerprint density at radius 1 is 0.964 bits per heavy atom. The van der Waals surface area contributed by atoms with Crippen LogP contribution in [0.25, 0.3) is 0 Å². The molecule has 144 valence electrons. The summed E-state index contributed by atoms with van der Waals surface area (Å²) in [7, 11) is -3.63. The summed E-state index contributed by atoms with van der Waals surface area (Å²) in [5.74, 6) is -0.612. The summed E-state index contributed by atoms with van der Waals surface area (Å²) in [5.41, 5.74) is 2.16. The van der Waals surface area contributed by atoms with Crippen molar-refractivity contribution < 1.29 is 13.5 Å². The fourth-order valence-electron chi connectivity index (χ4n) is 2.34. The molecule has 3 aromatic rings. The number of rotatable bonds is 5. The second-order valence-electron chi connectivity index (χ2n) is 5.88. The molecule has 4 N–H and O–H groups in total. The van der Waals surface area contributed by atoms with E-state index in [1.807, 2.05) is 16.9 Å². The summed E-state index contributed by atoms with van der Waals surface area (Å²) >= 11 is 0. The van der Waals surface area contributed by atoms with E-state index in [-0.39, 0.29) is 15.4 Å². The molecule has 0 bridgehead atoms. The molecule has 2 aromatic carbocycles. The molecular weight excluding hydrogens is 384 g/mol. The molecule has 9 nitrogen and oxygen atoms in total. The van der Waals surface area contributed by atoms with Crippen molar-refractivity contribution in [3.05, 3.63) is 80.5 Å². The molecule has 0 aliphatic heterocycles. The molecule has 0 saturated carbocycles. The van der Waals surface area contributed by atoms with Gasteiger partial charge in [-0.2, -0.15) is 5.10 Å². The van der Waals surface area contributed by atoms with E-state index in [1.165, 1.54) is 24.3 Å². The lowest BCUT2D eigenvalue weighted by atomic mass is 10.2. The van der Waals surface area contributed by atoms with E-state index in [0.717, 1.165) is 11.8 Å². The largest absolute Gasteiger partial charge is 0.494 e. The highest BCUT2D eigenvalue weighted by Crippen LogP contribution is 2.22. The van der Waals surface area contributed by atoms with E-state index in [9.17, 15) is 23.1 Å². The van der Waals surface area contributed by atoms with Gasteiger partial charge in [-0.05, 0) is 43.3 Å². The first-order valence-electron chi connectivity index (χ1n) is 8.04. The zero-order chi connectivity index (χ0) is 20.3. The molecule has 1 aromatic heterocycles. The normalized spacial score (nSPS) is 11.6. The highest BCUT2D eigenvalue weighted by Gasteiger charge is 2.17. The molecule has 3 rings (SSSR count). The highest BCUT2D eigenvalue weighted by molar-refractivity contribution is 7.91. The van der Waals surface area contributed by atoms with Crippen LogP contribution in [0.15, 0.2) is 73.0 Å². The molecule has 28 heavy (non-hydrogen) atoms. The van der Waals surface area contributed by atoms with Crippen molar-refractivity contribution in [2.45, 2.75) is 16.7 Å². The molecule has 0 radical (unpaired) electrons. The van der Waals surface area contributed by atoms with Gasteiger partial charge < -0.3 is 5.11 Å². The number of nitrogens with one attached hydrogen (secondary N) is 3. The minimum atomic E-state index is -3.63. The summed E-state index contributed by atoms with van der Waals surface area (Å²) in [6.07, 6.45) is 1.03. The van der Waals surface area contributed by atoms with Gasteiger partial charge in [-0.3, -0.25) is 20.2 Å². The smallest absolute Gasteiger partial charge is 0.328 e. The number of H-pyrrole nitrogens is 2. The fourth-order valence-corrected chi connectivity index (χ4v) is 3.60. The van der Waals surface area contributed by atoms with Gasteiger partial charge in [0.2, 0.25) is 15.7 Å². The number of aromatic hydroxyl groups is 1. The van der Waals surface area contributed by atoms with E-state index in [4.69, 9.17) is 0 Å². The number of nitrogens with zero attached hydrogens (tertiary/aromatic N) is 1. The van der Waals surface area contributed by atoms with E-state index < -0.39 is 27.0 Å². The number of hydrogen-bond acceptors (Lipinski definition) is 7. The summed E-state index contributed by atoms with van der Waals surface area (Å²) in [5, 5.41) is 13.4. The Labute approximate surface area is 159 Å². The predicted molar refractivity (Wildman–Crippen MR) is 104 cm³/mol. The van der Waals surface area contributed by atoms with Crippen molar-refractivity contribution in [3.8, 4) is 5.88 Å². The molecule has 0 amide bonds. The van der Waals surface area contributed by atoms with Crippen LogP contribution in [0.2, 0.25) is 0 Å². The molecule has 0 atom stereocenters. The lowest BCUT2D eigenvalue weighted by Gasteiger charge is -2.06. The Bertz CT molecular complexity index is 1240. The van der Waals surface area contributed by atoms with Gasteiger partial charge in [0.25, 0.3) is 5.56 Å². The molecule has 0 spiro atoms. The van der Waals surface area contributed by atoms with E-state index >= 15 is 0 Å².